The van der Waals surface area contributed by atoms with Crippen LogP contribution in [0.2, 0.25) is 0 Å². The molecule has 6 nitrogen and oxygen atoms in total. The van der Waals surface area contributed by atoms with Crippen LogP contribution in [0.3, 0.4) is 0 Å². The van der Waals surface area contributed by atoms with Gasteiger partial charge in [-0.15, -0.1) is 10.2 Å². The Morgan fingerprint density at radius 3 is 2.48 bits per heavy atom. The normalized spacial score (nSPS) is 16.1. The van der Waals surface area contributed by atoms with Gasteiger partial charge in [0.1, 0.15) is 21.5 Å². The highest BCUT2D eigenvalue weighted by atomic mass is 32.2. The summed E-state index contributed by atoms with van der Waals surface area (Å²) in [6.45, 7) is 0.649. The molecule has 1 aliphatic heterocycles. The molecule has 0 aliphatic carbocycles. The van der Waals surface area contributed by atoms with E-state index in [1.807, 2.05) is 24.3 Å². The van der Waals surface area contributed by atoms with Crippen LogP contribution in [0.25, 0.3) is 10.6 Å². The van der Waals surface area contributed by atoms with E-state index in [2.05, 4.69) is 10.2 Å². The third kappa shape index (κ3) is 3.90. The lowest BCUT2D eigenvalue weighted by atomic mass is 9.99. The highest BCUT2D eigenvalue weighted by Crippen LogP contribution is 2.37. The Morgan fingerprint density at radius 1 is 1.07 bits per heavy atom. The number of benzene rings is 2. The number of aromatic nitrogens is 2. The topological polar surface area (TPSA) is 72.4 Å². The van der Waals surface area contributed by atoms with Gasteiger partial charge in [0.2, 0.25) is 10.0 Å². The van der Waals surface area contributed by atoms with Crippen molar-refractivity contribution in [3.63, 3.8) is 0 Å². The molecule has 1 saturated heterocycles. The van der Waals surface area contributed by atoms with Crippen molar-refractivity contribution in [3.05, 3.63) is 59.4 Å². The number of rotatable bonds is 5. The van der Waals surface area contributed by atoms with Gasteiger partial charge in [0, 0.05) is 19.0 Å². The van der Waals surface area contributed by atoms with Crippen LogP contribution >= 0.6 is 11.3 Å². The second-order valence-electron chi connectivity index (χ2n) is 6.75. The molecule has 152 valence electrons. The Bertz CT molecular complexity index is 1110. The highest BCUT2D eigenvalue weighted by molar-refractivity contribution is 7.89. The zero-order valence-electron chi connectivity index (χ0n) is 15.8. The highest BCUT2D eigenvalue weighted by Gasteiger charge is 2.32. The van der Waals surface area contributed by atoms with E-state index in [1.165, 1.54) is 39.9 Å². The van der Waals surface area contributed by atoms with Crippen molar-refractivity contribution in [2.75, 3.05) is 20.2 Å². The van der Waals surface area contributed by atoms with Crippen LogP contribution in [0.5, 0.6) is 5.75 Å². The maximum absolute atomic E-state index is 14.0. The first-order valence-electron chi connectivity index (χ1n) is 9.22. The molecule has 2 heterocycles. The second-order valence-corrected chi connectivity index (χ2v) is 9.67. The van der Waals surface area contributed by atoms with Gasteiger partial charge in [0.05, 0.1) is 12.7 Å². The van der Waals surface area contributed by atoms with Crippen LogP contribution in [0.4, 0.5) is 4.39 Å². The lowest BCUT2D eigenvalue weighted by molar-refractivity contribution is 0.317. The van der Waals surface area contributed by atoms with Crippen LogP contribution in [0, 0.1) is 5.82 Å². The van der Waals surface area contributed by atoms with Gasteiger partial charge in [-0.2, -0.15) is 4.31 Å². The number of methoxy groups -OCH3 is 1. The first kappa shape index (κ1) is 19.9. The molecule has 0 spiro atoms. The number of piperidine rings is 1. The van der Waals surface area contributed by atoms with Gasteiger partial charge in [-0.3, -0.25) is 0 Å². The monoisotopic (exact) mass is 433 g/mol. The molecular formula is C20H20FN3O3S2. The van der Waals surface area contributed by atoms with Crippen molar-refractivity contribution < 1.29 is 17.5 Å². The van der Waals surface area contributed by atoms with Crippen molar-refractivity contribution in [2.45, 2.75) is 23.7 Å². The average Bonchev–Trinajstić information content (AvgIpc) is 3.24. The minimum Gasteiger partial charge on any atom is -0.496 e. The number of ether oxygens (including phenoxy) is 1. The van der Waals surface area contributed by atoms with E-state index < -0.39 is 15.8 Å². The Morgan fingerprint density at radius 2 is 1.76 bits per heavy atom. The zero-order chi connectivity index (χ0) is 20.4. The summed E-state index contributed by atoms with van der Waals surface area (Å²) in [7, 11) is -2.22. The molecule has 4 rings (SSSR count). The summed E-state index contributed by atoms with van der Waals surface area (Å²) in [6.07, 6.45) is 1.24. The van der Waals surface area contributed by atoms with E-state index in [0.29, 0.717) is 25.9 Å². The minimum atomic E-state index is -3.84. The summed E-state index contributed by atoms with van der Waals surface area (Å²) in [4.78, 5) is -0.271. The predicted molar refractivity (Wildman–Crippen MR) is 109 cm³/mol. The molecule has 0 amide bonds. The van der Waals surface area contributed by atoms with E-state index in [-0.39, 0.29) is 10.8 Å². The Labute approximate surface area is 173 Å². The number of hydrogen-bond acceptors (Lipinski definition) is 6. The van der Waals surface area contributed by atoms with Crippen LogP contribution in [-0.4, -0.2) is 43.1 Å². The first-order chi connectivity index (χ1) is 14.0. The second kappa shape index (κ2) is 8.17. The Hall–Kier alpha value is -2.36. The maximum atomic E-state index is 14.0. The molecule has 1 aliphatic rings. The predicted octanol–water partition coefficient (Wildman–Crippen LogP) is 3.92. The zero-order valence-corrected chi connectivity index (χ0v) is 17.4. The SMILES string of the molecule is COc1ccccc1-c1nnc(C2CCN(S(=O)(=O)c3ccccc3F)CC2)s1. The van der Waals surface area contributed by atoms with Crippen molar-refractivity contribution in [1.29, 1.82) is 0 Å². The summed E-state index contributed by atoms with van der Waals surface area (Å²) in [5.41, 5.74) is 0.887. The molecule has 0 atom stereocenters. The van der Waals surface area contributed by atoms with E-state index >= 15 is 0 Å². The van der Waals surface area contributed by atoms with Crippen LogP contribution in [-0.2, 0) is 10.0 Å². The standard InChI is InChI=1S/C20H20FN3O3S2/c1-27-17-8-4-2-6-15(17)20-23-22-19(28-20)14-10-12-24(13-11-14)29(25,26)18-9-5-3-7-16(18)21/h2-9,14H,10-13H2,1H3. The lowest BCUT2D eigenvalue weighted by Gasteiger charge is -2.30. The molecule has 1 fully saturated rings. The number of nitrogens with zero attached hydrogens (tertiary/aromatic N) is 3. The third-order valence-electron chi connectivity index (χ3n) is 5.04. The summed E-state index contributed by atoms with van der Waals surface area (Å²) in [5, 5.41) is 10.3. The molecule has 3 aromatic rings. The average molecular weight is 434 g/mol. The van der Waals surface area contributed by atoms with Crippen LogP contribution < -0.4 is 4.74 Å². The number of para-hydroxylation sites is 1. The fourth-order valence-electron chi connectivity index (χ4n) is 3.47. The summed E-state index contributed by atoms with van der Waals surface area (Å²) < 4.78 is 46.2. The number of halogens is 1. The van der Waals surface area contributed by atoms with Crippen LogP contribution in [0.15, 0.2) is 53.4 Å². The molecule has 0 bridgehead atoms. The van der Waals surface area contributed by atoms with Gasteiger partial charge in [0.15, 0.2) is 5.01 Å². The molecule has 1 aromatic heterocycles. The number of sulfonamides is 1. The third-order valence-corrected chi connectivity index (χ3v) is 8.09. The fraction of sp³-hybridized carbons (Fsp3) is 0.300. The molecule has 0 N–H and O–H groups in total. The molecule has 2 aromatic carbocycles. The Kier molecular flexibility index (Phi) is 5.62. The molecule has 0 unspecified atom stereocenters. The van der Waals surface area contributed by atoms with Gasteiger partial charge >= 0.3 is 0 Å². The van der Waals surface area contributed by atoms with Gasteiger partial charge < -0.3 is 4.74 Å². The van der Waals surface area contributed by atoms with Crippen molar-refractivity contribution in [3.8, 4) is 16.3 Å². The number of hydrogen-bond donors (Lipinski definition) is 0. The van der Waals surface area contributed by atoms with E-state index in [9.17, 15) is 12.8 Å². The smallest absolute Gasteiger partial charge is 0.245 e. The van der Waals surface area contributed by atoms with Gasteiger partial charge in [-0.05, 0) is 37.1 Å². The lowest BCUT2D eigenvalue weighted by Crippen LogP contribution is -2.38. The largest absolute Gasteiger partial charge is 0.496 e. The molecule has 0 saturated carbocycles. The van der Waals surface area contributed by atoms with Crippen molar-refractivity contribution in [2.24, 2.45) is 0 Å². The molecule has 9 heteroatoms. The fourth-order valence-corrected chi connectivity index (χ4v) is 6.04. The van der Waals surface area contributed by atoms with Gasteiger partial charge in [0.25, 0.3) is 0 Å². The summed E-state index contributed by atoms with van der Waals surface area (Å²) >= 11 is 1.50. The Balaban J connectivity index is 1.48. The van der Waals surface area contributed by atoms with Gasteiger partial charge in [-0.25, -0.2) is 12.8 Å². The molecule has 0 radical (unpaired) electrons. The van der Waals surface area contributed by atoms with Crippen molar-refractivity contribution in [1.82, 2.24) is 14.5 Å². The van der Waals surface area contributed by atoms with E-state index in [0.717, 1.165) is 21.3 Å². The summed E-state index contributed by atoms with van der Waals surface area (Å²) in [5.74, 6) is 0.143. The summed E-state index contributed by atoms with van der Waals surface area (Å²) in [6, 6.07) is 13.1. The van der Waals surface area contributed by atoms with Crippen LogP contribution in [0.1, 0.15) is 23.8 Å². The maximum Gasteiger partial charge on any atom is 0.245 e. The first-order valence-corrected chi connectivity index (χ1v) is 11.5. The van der Waals surface area contributed by atoms with Crippen molar-refractivity contribution >= 4 is 21.4 Å². The minimum absolute atomic E-state index is 0.128. The molecular weight excluding hydrogens is 413 g/mol. The van der Waals surface area contributed by atoms with E-state index in [1.54, 1.807) is 7.11 Å². The molecule has 29 heavy (non-hydrogen) atoms. The van der Waals surface area contributed by atoms with E-state index in [4.69, 9.17) is 4.74 Å². The van der Waals surface area contributed by atoms with Gasteiger partial charge in [-0.1, -0.05) is 35.6 Å². The quantitative estimate of drug-likeness (QED) is 0.610.